The fourth-order valence-corrected chi connectivity index (χ4v) is 4.23. The molecule has 5 nitrogen and oxygen atoms in total. The smallest absolute Gasteiger partial charge is 0.143 e. The van der Waals surface area contributed by atoms with Crippen LogP contribution in [0, 0.1) is 27.7 Å². The fraction of sp³-hybridized carbons (Fsp3) is 0.154. The lowest BCUT2D eigenvalue weighted by atomic mass is 10.1. The van der Waals surface area contributed by atoms with Crippen LogP contribution in [0.5, 0.6) is 0 Å². The Morgan fingerprint density at radius 2 is 1.66 bits per heavy atom. The fourth-order valence-electron chi connectivity index (χ4n) is 4.07. The summed E-state index contributed by atoms with van der Waals surface area (Å²) < 4.78 is 3.98. The molecule has 5 rings (SSSR count). The van der Waals surface area contributed by atoms with Crippen LogP contribution >= 0.6 is 11.6 Å². The van der Waals surface area contributed by atoms with Crippen LogP contribution in [0.3, 0.4) is 0 Å². The minimum Gasteiger partial charge on any atom is -0.339 e. The molecule has 32 heavy (non-hydrogen) atoms. The highest BCUT2D eigenvalue weighted by Crippen LogP contribution is 2.36. The summed E-state index contributed by atoms with van der Waals surface area (Å²) in [5.74, 6) is 0.865. The first-order valence-corrected chi connectivity index (χ1v) is 10.9. The SMILES string of the molecule is Cc1ccc(Nc2c(-c3c(C)nn(-c4ccccc4)c3C)nc3ccc(Cl)cn23)cc1C. The van der Waals surface area contributed by atoms with Gasteiger partial charge in [-0.1, -0.05) is 35.9 Å². The Hall–Kier alpha value is -3.57. The Kier molecular flexibility index (Phi) is 4.98. The largest absolute Gasteiger partial charge is 0.339 e. The number of pyridine rings is 1. The van der Waals surface area contributed by atoms with Crippen molar-refractivity contribution in [1.29, 1.82) is 0 Å². The van der Waals surface area contributed by atoms with Crippen molar-refractivity contribution in [2.75, 3.05) is 5.32 Å². The van der Waals surface area contributed by atoms with E-state index in [1.54, 1.807) is 0 Å². The Morgan fingerprint density at radius 1 is 0.875 bits per heavy atom. The molecule has 1 N–H and O–H groups in total. The van der Waals surface area contributed by atoms with Gasteiger partial charge in [0.15, 0.2) is 0 Å². The van der Waals surface area contributed by atoms with Crippen molar-refractivity contribution in [3.8, 4) is 16.9 Å². The minimum atomic E-state index is 0.651. The molecule has 0 saturated heterocycles. The Morgan fingerprint density at radius 3 is 2.41 bits per heavy atom. The second kappa shape index (κ2) is 7.84. The number of nitrogens with zero attached hydrogens (tertiary/aromatic N) is 4. The maximum Gasteiger partial charge on any atom is 0.143 e. The van der Waals surface area contributed by atoms with E-state index in [9.17, 15) is 0 Å². The first-order chi connectivity index (χ1) is 15.4. The molecule has 0 unspecified atom stereocenters. The van der Waals surface area contributed by atoms with Crippen LogP contribution in [0.1, 0.15) is 22.5 Å². The molecule has 5 aromatic rings. The van der Waals surface area contributed by atoms with Gasteiger partial charge in [-0.3, -0.25) is 4.40 Å². The monoisotopic (exact) mass is 441 g/mol. The maximum absolute atomic E-state index is 6.35. The molecular formula is C26H24ClN5. The molecule has 0 spiro atoms. The van der Waals surface area contributed by atoms with E-state index in [2.05, 4.69) is 56.4 Å². The van der Waals surface area contributed by atoms with Gasteiger partial charge < -0.3 is 5.32 Å². The van der Waals surface area contributed by atoms with Crippen LogP contribution in [0.2, 0.25) is 5.02 Å². The highest BCUT2D eigenvalue weighted by atomic mass is 35.5. The third kappa shape index (κ3) is 3.45. The van der Waals surface area contributed by atoms with Crippen LogP contribution in [-0.4, -0.2) is 19.2 Å². The zero-order chi connectivity index (χ0) is 22.4. The second-order valence-corrected chi connectivity index (χ2v) is 8.54. The normalized spacial score (nSPS) is 11.3. The van der Waals surface area contributed by atoms with Crippen LogP contribution in [-0.2, 0) is 0 Å². The first kappa shape index (κ1) is 20.3. The van der Waals surface area contributed by atoms with Crippen molar-refractivity contribution in [3.63, 3.8) is 0 Å². The topological polar surface area (TPSA) is 47.2 Å². The van der Waals surface area contributed by atoms with Gasteiger partial charge in [0, 0.05) is 17.4 Å². The quantitative estimate of drug-likeness (QED) is 0.333. The maximum atomic E-state index is 6.35. The minimum absolute atomic E-state index is 0.651. The Labute approximate surface area is 192 Å². The number of anilines is 2. The number of nitrogens with one attached hydrogen (secondary N) is 1. The van der Waals surface area contributed by atoms with Gasteiger partial charge in [0.2, 0.25) is 0 Å². The van der Waals surface area contributed by atoms with E-state index in [0.29, 0.717) is 5.02 Å². The van der Waals surface area contributed by atoms with Gasteiger partial charge in [-0.15, -0.1) is 0 Å². The summed E-state index contributed by atoms with van der Waals surface area (Å²) in [6.07, 6.45) is 1.89. The number of aryl methyl sites for hydroxylation is 3. The van der Waals surface area contributed by atoms with Crippen LogP contribution in [0.4, 0.5) is 11.5 Å². The highest BCUT2D eigenvalue weighted by Gasteiger charge is 2.22. The van der Waals surface area contributed by atoms with Crippen molar-refractivity contribution in [2.45, 2.75) is 27.7 Å². The number of imidazole rings is 1. The third-order valence-corrected chi connectivity index (χ3v) is 6.10. The number of para-hydroxylation sites is 1. The first-order valence-electron chi connectivity index (χ1n) is 10.6. The van der Waals surface area contributed by atoms with Gasteiger partial charge in [0.05, 0.1) is 22.1 Å². The molecule has 2 aromatic carbocycles. The predicted molar refractivity (Wildman–Crippen MR) is 131 cm³/mol. The number of hydrogen-bond donors (Lipinski definition) is 1. The Bertz CT molecular complexity index is 1450. The van der Waals surface area contributed by atoms with Gasteiger partial charge in [-0.25, -0.2) is 9.67 Å². The van der Waals surface area contributed by atoms with Crippen molar-refractivity contribution in [1.82, 2.24) is 19.2 Å². The summed E-state index contributed by atoms with van der Waals surface area (Å²) in [7, 11) is 0. The van der Waals surface area contributed by atoms with Crippen LogP contribution < -0.4 is 5.32 Å². The van der Waals surface area contributed by atoms with Crippen molar-refractivity contribution < 1.29 is 0 Å². The van der Waals surface area contributed by atoms with E-state index in [1.807, 2.05) is 52.5 Å². The predicted octanol–water partition coefficient (Wildman–Crippen LogP) is 6.82. The van der Waals surface area contributed by atoms with E-state index < -0.39 is 0 Å². The molecule has 0 amide bonds. The molecule has 3 aromatic heterocycles. The van der Waals surface area contributed by atoms with Gasteiger partial charge >= 0.3 is 0 Å². The molecule has 0 bridgehead atoms. The molecule has 0 atom stereocenters. The molecular weight excluding hydrogens is 418 g/mol. The lowest BCUT2D eigenvalue weighted by Crippen LogP contribution is -2.00. The van der Waals surface area contributed by atoms with Crippen LogP contribution in [0.15, 0.2) is 66.9 Å². The van der Waals surface area contributed by atoms with Gasteiger partial charge in [0.25, 0.3) is 0 Å². The molecule has 0 aliphatic carbocycles. The van der Waals surface area contributed by atoms with Crippen molar-refractivity contribution in [3.05, 3.63) is 94.4 Å². The molecule has 6 heteroatoms. The number of benzene rings is 2. The van der Waals surface area contributed by atoms with E-state index in [4.69, 9.17) is 21.7 Å². The molecule has 0 saturated carbocycles. The molecule has 160 valence electrons. The Balaban J connectivity index is 1.72. The number of fused-ring (bicyclic) bond motifs is 1. The van der Waals surface area contributed by atoms with E-state index >= 15 is 0 Å². The van der Waals surface area contributed by atoms with Gasteiger partial charge in [-0.2, -0.15) is 5.10 Å². The van der Waals surface area contributed by atoms with E-state index in [-0.39, 0.29) is 0 Å². The van der Waals surface area contributed by atoms with E-state index in [0.717, 1.165) is 45.5 Å². The van der Waals surface area contributed by atoms with Crippen LogP contribution in [0.25, 0.3) is 22.6 Å². The van der Waals surface area contributed by atoms with Gasteiger partial charge in [-0.05, 0) is 75.2 Å². The summed E-state index contributed by atoms with van der Waals surface area (Å²) in [5.41, 5.74) is 9.15. The number of hydrogen-bond acceptors (Lipinski definition) is 3. The highest BCUT2D eigenvalue weighted by molar-refractivity contribution is 6.30. The average molecular weight is 442 g/mol. The zero-order valence-electron chi connectivity index (χ0n) is 18.5. The lowest BCUT2D eigenvalue weighted by molar-refractivity contribution is 0.834. The number of aromatic nitrogens is 4. The third-order valence-electron chi connectivity index (χ3n) is 5.88. The molecule has 0 aliphatic heterocycles. The standard InChI is InChI=1S/C26H24ClN5/c1-16-10-12-21(14-17(16)2)28-26-25(29-23-13-11-20(27)15-31(23)26)24-18(3)30-32(19(24)4)22-8-6-5-7-9-22/h5-15,28H,1-4H3. The van der Waals surface area contributed by atoms with E-state index in [1.165, 1.54) is 11.1 Å². The molecule has 0 radical (unpaired) electrons. The van der Waals surface area contributed by atoms with Crippen molar-refractivity contribution in [2.24, 2.45) is 0 Å². The summed E-state index contributed by atoms with van der Waals surface area (Å²) in [4.78, 5) is 4.98. The lowest BCUT2D eigenvalue weighted by Gasteiger charge is -2.11. The van der Waals surface area contributed by atoms with Crippen molar-refractivity contribution >= 4 is 28.8 Å². The molecule has 0 aliphatic rings. The summed E-state index contributed by atoms with van der Waals surface area (Å²) in [5, 5.41) is 9.08. The second-order valence-electron chi connectivity index (χ2n) is 8.10. The average Bonchev–Trinajstić information content (AvgIpc) is 3.27. The summed E-state index contributed by atoms with van der Waals surface area (Å²) in [6, 6.07) is 20.3. The number of halogens is 1. The summed E-state index contributed by atoms with van der Waals surface area (Å²) >= 11 is 6.35. The van der Waals surface area contributed by atoms with Gasteiger partial charge in [0.1, 0.15) is 17.2 Å². The zero-order valence-corrected chi connectivity index (χ0v) is 19.3. The summed E-state index contributed by atoms with van der Waals surface area (Å²) in [6.45, 7) is 8.34. The molecule has 3 heterocycles. The number of rotatable bonds is 4. The molecule has 0 fully saturated rings.